The molecule has 0 unspecified atom stereocenters. The van der Waals surface area contributed by atoms with Crippen LogP contribution in [0.5, 0.6) is 0 Å². The number of nitrogen functional groups attached to an aromatic ring is 1. The molecule has 0 saturated heterocycles. The van der Waals surface area contributed by atoms with Gasteiger partial charge in [0.25, 0.3) is 5.91 Å². The number of rotatable bonds is 2. The van der Waals surface area contributed by atoms with Gasteiger partial charge in [0, 0.05) is 18.5 Å². The van der Waals surface area contributed by atoms with Gasteiger partial charge in [-0.1, -0.05) is 0 Å². The molecule has 70 valence electrons. The number of carbonyl (C=O) groups is 1. The van der Waals surface area contributed by atoms with Crippen molar-refractivity contribution in [1.82, 2.24) is 10.4 Å². The number of nitrogens with one attached hydrogen (secondary N) is 1. The third-order valence-corrected chi connectivity index (χ3v) is 1.50. The predicted molar refractivity (Wildman–Crippen MR) is 50.5 cm³/mol. The fourth-order valence-electron chi connectivity index (χ4n) is 0.890. The number of aromatic nitrogens is 1. The van der Waals surface area contributed by atoms with Gasteiger partial charge in [-0.25, -0.2) is 5.84 Å². The lowest BCUT2D eigenvalue weighted by molar-refractivity contribution is 0.0953. The Morgan fingerprint density at radius 2 is 2.43 bits per heavy atom. The lowest BCUT2D eigenvalue weighted by atomic mass is 10.2. The molecule has 5 heteroatoms. The summed E-state index contributed by atoms with van der Waals surface area (Å²) >= 11 is 0. The van der Waals surface area contributed by atoms with E-state index in [1.165, 1.54) is 12.3 Å². The number of pyridine rings is 1. The van der Waals surface area contributed by atoms with E-state index in [2.05, 4.69) is 4.98 Å². The Hall–Kier alpha value is -2.19. The summed E-state index contributed by atoms with van der Waals surface area (Å²) in [6, 6.07) is 3.43. The molecule has 5 nitrogen and oxygen atoms in total. The molecule has 0 spiro atoms. The number of hydrazine groups is 1. The summed E-state index contributed by atoms with van der Waals surface area (Å²) in [6.07, 6.45) is 5.80. The van der Waals surface area contributed by atoms with Crippen molar-refractivity contribution in [3.05, 3.63) is 35.7 Å². The van der Waals surface area contributed by atoms with Crippen LogP contribution < -0.4 is 11.3 Å². The quantitative estimate of drug-likeness (QED) is 0.300. The van der Waals surface area contributed by atoms with Crippen molar-refractivity contribution in [3.8, 4) is 6.07 Å². The van der Waals surface area contributed by atoms with E-state index in [9.17, 15) is 4.79 Å². The van der Waals surface area contributed by atoms with E-state index in [0.29, 0.717) is 11.1 Å². The third-order valence-electron chi connectivity index (χ3n) is 1.50. The molecule has 0 saturated carbocycles. The van der Waals surface area contributed by atoms with E-state index in [4.69, 9.17) is 11.1 Å². The maximum Gasteiger partial charge on any atom is 0.266 e. The minimum Gasteiger partial charge on any atom is -0.290 e. The van der Waals surface area contributed by atoms with Crippen LogP contribution in [0.1, 0.15) is 15.9 Å². The maximum atomic E-state index is 11.1. The normalized spacial score (nSPS) is 9.71. The lowest BCUT2D eigenvalue weighted by Crippen LogP contribution is -2.30. The van der Waals surface area contributed by atoms with Gasteiger partial charge in [0.05, 0.1) is 11.6 Å². The second-order valence-corrected chi connectivity index (χ2v) is 2.44. The minimum absolute atomic E-state index is 0.354. The monoisotopic (exact) mass is 188 g/mol. The van der Waals surface area contributed by atoms with Crippen LogP contribution in [0.15, 0.2) is 24.5 Å². The molecular formula is C9H8N4O. The SMILES string of the molecule is N#CC=Cc1cncc(C(=O)NN)c1. The number of allylic oxidation sites excluding steroid dienone is 1. The summed E-state index contributed by atoms with van der Waals surface area (Å²) in [6.45, 7) is 0. The topological polar surface area (TPSA) is 91.8 Å². The number of nitriles is 1. The van der Waals surface area contributed by atoms with Gasteiger partial charge in [0.2, 0.25) is 0 Å². The summed E-state index contributed by atoms with van der Waals surface area (Å²) in [5.74, 6) is 4.54. The van der Waals surface area contributed by atoms with Crippen molar-refractivity contribution < 1.29 is 4.79 Å². The average Bonchev–Trinajstić information content (AvgIpc) is 2.25. The standard InChI is InChI=1S/C9H8N4O/c10-3-1-2-7-4-8(6-12-5-7)9(14)13-11/h1-2,4-6H,11H2,(H,13,14). The zero-order chi connectivity index (χ0) is 10.4. The first-order valence-electron chi connectivity index (χ1n) is 3.80. The van der Waals surface area contributed by atoms with Crippen molar-refractivity contribution in [1.29, 1.82) is 5.26 Å². The first kappa shape index (κ1) is 9.89. The van der Waals surface area contributed by atoms with Crippen LogP contribution in [-0.4, -0.2) is 10.9 Å². The Labute approximate surface area is 80.8 Å². The molecule has 14 heavy (non-hydrogen) atoms. The molecule has 1 amide bonds. The highest BCUT2D eigenvalue weighted by Gasteiger charge is 2.02. The van der Waals surface area contributed by atoms with Gasteiger partial charge in [-0.05, 0) is 17.7 Å². The Bertz CT molecular complexity index is 406. The molecule has 1 aromatic rings. The molecule has 0 radical (unpaired) electrons. The van der Waals surface area contributed by atoms with E-state index < -0.39 is 5.91 Å². The van der Waals surface area contributed by atoms with Crippen LogP contribution in [0.2, 0.25) is 0 Å². The molecule has 1 aromatic heterocycles. The first-order chi connectivity index (χ1) is 6.77. The molecule has 0 aliphatic carbocycles. The average molecular weight is 188 g/mol. The Morgan fingerprint density at radius 1 is 1.64 bits per heavy atom. The molecule has 0 fully saturated rings. The lowest BCUT2D eigenvalue weighted by Gasteiger charge is -1.99. The number of nitrogens with two attached hydrogens (primary N) is 1. The Morgan fingerprint density at radius 3 is 3.07 bits per heavy atom. The largest absolute Gasteiger partial charge is 0.290 e. The number of amides is 1. The summed E-state index contributed by atoms with van der Waals surface area (Å²) in [5.41, 5.74) is 3.02. The predicted octanol–water partition coefficient (Wildman–Crippen LogP) is 0.222. The van der Waals surface area contributed by atoms with Crippen LogP contribution in [0.3, 0.4) is 0 Å². The molecule has 3 N–H and O–H groups in total. The maximum absolute atomic E-state index is 11.1. The number of hydrogen-bond acceptors (Lipinski definition) is 4. The molecule has 0 aliphatic heterocycles. The van der Waals surface area contributed by atoms with E-state index >= 15 is 0 Å². The van der Waals surface area contributed by atoms with E-state index in [1.54, 1.807) is 18.3 Å². The number of carbonyl (C=O) groups excluding carboxylic acids is 1. The molecule has 1 rings (SSSR count). The Kier molecular flexibility index (Phi) is 3.35. The van der Waals surface area contributed by atoms with Gasteiger partial charge >= 0.3 is 0 Å². The highest BCUT2D eigenvalue weighted by molar-refractivity contribution is 5.93. The second kappa shape index (κ2) is 4.74. The minimum atomic E-state index is -0.412. The summed E-state index contributed by atoms with van der Waals surface area (Å²) < 4.78 is 0. The van der Waals surface area contributed by atoms with Gasteiger partial charge in [0.1, 0.15) is 0 Å². The molecule has 0 aromatic carbocycles. The smallest absolute Gasteiger partial charge is 0.266 e. The van der Waals surface area contributed by atoms with Gasteiger partial charge in [-0.15, -0.1) is 0 Å². The van der Waals surface area contributed by atoms with Crippen LogP contribution in [0, 0.1) is 11.3 Å². The van der Waals surface area contributed by atoms with Crippen molar-refractivity contribution >= 4 is 12.0 Å². The van der Waals surface area contributed by atoms with Crippen molar-refractivity contribution in [3.63, 3.8) is 0 Å². The van der Waals surface area contributed by atoms with Crippen molar-refractivity contribution in [2.24, 2.45) is 5.84 Å². The highest BCUT2D eigenvalue weighted by atomic mass is 16.2. The van der Waals surface area contributed by atoms with Gasteiger partial charge in [0.15, 0.2) is 0 Å². The fraction of sp³-hybridized carbons (Fsp3) is 0. The summed E-state index contributed by atoms with van der Waals surface area (Å²) in [7, 11) is 0. The molecule has 0 bridgehead atoms. The van der Waals surface area contributed by atoms with Crippen molar-refractivity contribution in [2.75, 3.05) is 0 Å². The van der Waals surface area contributed by atoms with E-state index in [0.717, 1.165) is 0 Å². The van der Waals surface area contributed by atoms with Crippen LogP contribution in [0.4, 0.5) is 0 Å². The van der Waals surface area contributed by atoms with Crippen LogP contribution >= 0.6 is 0 Å². The van der Waals surface area contributed by atoms with Gasteiger partial charge in [-0.2, -0.15) is 5.26 Å². The molecular weight excluding hydrogens is 180 g/mol. The first-order valence-corrected chi connectivity index (χ1v) is 3.80. The summed E-state index contributed by atoms with van der Waals surface area (Å²) in [5, 5.41) is 8.30. The summed E-state index contributed by atoms with van der Waals surface area (Å²) in [4.78, 5) is 14.9. The number of hydrogen-bond donors (Lipinski definition) is 2. The number of nitrogens with zero attached hydrogens (tertiary/aromatic N) is 2. The molecule has 0 aliphatic rings. The third kappa shape index (κ3) is 2.40. The van der Waals surface area contributed by atoms with Gasteiger partial charge < -0.3 is 0 Å². The molecule has 1 heterocycles. The van der Waals surface area contributed by atoms with E-state index in [1.807, 2.05) is 11.5 Å². The van der Waals surface area contributed by atoms with Crippen molar-refractivity contribution in [2.45, 2.75) is 0 Å². The molecule has 0 atom stereocenters. The zero-order valence-electron chi connectivity index (χ0n) is 7.27. The van der Waals surface area contributed by atoms with Crippen LogP contribution in [0.25, 0.3) is 6.08 Å². The zero-order valence-corrected chi connectivity index (χ0v) is 7.27. The highest BCUT2D eigenvalue weighted by Crippen LogP contribution is 2.04. The van der Waals surface area contributed by atoms with Gasteiger partial charge in [-0.3, -0.25) is 15.2 Å². The van der Waals surface area contributed by atoms with E-state index in [-0.39, 0.29) is 0 Å². The Balaban J connectivity index is 2.96. The second-order valence-electron chi connectivity index (χ2n) is 2.44. The fourth-order valence-corrected chi connectivity index (χ4v) is 0.890. The van der Waals surface area contributed by atoms with Crippen LogP contribution in [-0.2, 0) is 0 Å².